The zero-order valence-electron chi connectivity index (χ0n) is 11.2. The lowest BCUT2D eigenvalue weighted by Gasteiger charge is -2.37. The van der Waals surface area contributed by atoms with Crippen LogP contribution in [0.2, 0.25) is 5.02 Å². The van der Waals surface area contributed by atoms with Crippen LogP contribution in [-0.2, 0) is 16.9 Å². The molecule has 1 aliphatic rings. The van der Waals surface area contributed by atoms with E-state index in [0.717, 1.165) is 25.0 Å². The first-order valence-electron chi connectivity index (χ1n) is 6.35. The van der Waals surface area contributed by atoms with E-state index in [1.807, 2.05) is 0 Å². The fourth-order valence-electron chi connectivity index (χ4n) is 2.89. The van der Waals surface area contributed by atoms with Crippen molar-refractivity contribution >= 4 is 11.6 Å². The summed E-state index contributed by atoms with van der Waals surface area (Å²) in [5.74, 6) is 0. The van der Waals surface area contributed by atoms with Gasteiger partial charge in [0.2, 0.25) is 0 Å². The molecule has 1 aliphatic carbocycles. The third-order valence-corrected chi connectivity index (χ3v) is 4.43. The highest BCUT2D eigenvalue weighted by atomic mass is 35.5. The molecule has 0 aromatic carbocycles. The van der Waals surface area contributed by atoms with Gasteiger partial charge >= 0.3 is 0 Å². The quantitative estimate of drug-likeness (QED) is 0.916. The maximum atomic E-state index is 11.1. The molecule has 1 N–H and O–H groups in total. The van der Waals surface area contributed by atoms with Crippen molar-refractivity contribution in [2.24, 2.45) is 5.41 Å². The molecule has 1 saturated carbocycles. The van der Waals surface area contributed by atoms with E-state index in [-0.39, 0.29) is 5.41 Å². The second kappa shape index (κ2) is 4.83. The Morgan fingerprint density at radius 1 is 1.50 bits per heavy atom. The Morgan fingerprint density at radius 3 is 2.78 bits per heavy atom. The lowest BCUT2D eigenvalue weighted by atomic mass is 9.75. The predicted molar refractivity (Wildman–Crippen MR) is 70.6 cm³/mol. The maximum absolute atomic E-state index is 11.1. The van der Waals surface area contributed by atoms with E-state index >= 15 is 0 Å². The van der Waals surface area contributed by atoms with Crippen molar-refractivity contribution in [1.29, 1.82) is 0 Å². The maximum Gasteiger partial charge on any atom is 0.113 e. The molecule has 0 saturated heterocycles. The minimum atomic E-state index is -0.895. The van der Waals surface area contributed by atoms with Gasteiger partial charge in [-0.05, 0) is 24.7 Å². The van der Waals surface area contributed by atoms with Gasteiger partial charge in [0, 0.05) is 7.11 Å². The molecule has 102 valence electrons. The van der Waals surface area contributed by atoms with Crippen LogP contribution in [0.1, 0.15) is 38.8 Å². The number of hydrogen-bond acceptors (Lipinski definition) is 3. The Hall–Kier alpha value is -0.580. The van der Waals surface area contributed by atoms with Gasteiger partial charge in [0.25, 0.3) is 0 Å². The summed E-state index contributed by atoms with van der Waals surface area (Å²) >= 11 is 6.24. The molecule has 1 fully saturated rings. The van der Waals surface area contributed by atoms with Crippen LogP contribution in [0.3, 0.4) is 0 Å². The minimum absolute atomic E-state index is 0.179. The second-order valence-corrected chi connectivity index (χ2v) is 6.06. The smallest absolute Gasteiger partial charge is 0.113 e. The highest BCUT2D eigenvalue weighted by molar-refractivity contribution is 6.31. The van der Waals surface area contributed by atoms with Crippen molar-refractivity contribution < 1.29 is 9.84 Å². The summed E-state index contributed by atoms with van der Waals surface area (Å²) in [6.07, 6.45) is 4.35. The Morgan fingerprint density at radius 2 is 2.22 bits per heavy atom. The monoisotopic (exact) mass is 272 g/mol. The predicted octanol–water partition coefficient (Wildman–Crippen LogP) is 2.58. The lowest BCUT2D eigenvalue weighted by molar-refractivity contribution is -0.0561. The van der Waals surface area contributed by atoms with E-state index in [2.05, 4.69) is 18.9 Å². The molecule has 0 aliphatic heterocycles. The molecule has 0 bridgehead atoms. The number of ether oxygens (including phenoxy) is 1. The Bertz CT molecular complexity index is 431. The van der Waals surface area contributed by atoms with E-state index in [0.29, 0.717) is 18.2 Å². The first kappa shape index (κ1) is 13.8. The number of hydrogen-bond donors (Lipinski definition) is 1. The first-order chi connectivity index (χ1) is 8.42. The van der Waals surface area contributed by atoms with Gasteiger partial charge < -0.3 is 9.84 Å². The average Bonchev–Trinajstić information content (AvgIpc) is 2.78. The normalized spacial score (nSPS) is 26.7. The van der Waals surface area contributed by atoms with Gasteiger partial charge in [-0.25, -0.2) is 0 Å². The van der Waals surface area contributed by atoms with Gasteiger partial charge in [0.05, 0.1) is 30.1 Å². The molecule has 2 rings (SSSR count). The highest BCUT2D eigenvalue weighted by Crippen LogP contribution is 2.53. The Kier molecular flexibility index (Phi) is 3.72. The van der Waals surface area contributed by atoms with Crippen LogP contribution in [-0.4, -0.2) is 28.6 Å². The third kappa shape index (κ3) is 2.06. The van der Waals surface area contributed by atoms with Crippen LogP contribution < -0.4 is 0 Å². The fraction of sp³-hybridized carbons (Fsp3) is 0.769. The van der Waals surface area contributed by atoms with Crippen LogP contribution in [0.15, 0.2) is 6.20 Å². The van der Waals surface area contributed by atoms with Gasteiger partial charge in [-0.3, -0.25) is 4.68 Å². The topological polar surface area (TPSA) is 47.3 Å². The fourth-order valence-corrected chi connectivity index (χ4v) is 3.19. The number of aliphatic hydroxyl groups is 1. The molecule has 5 heteroatoms. The molecule has 18 heavy (non-hydrogen) atoms. The van der Waals surface area contributed by atoms with Crippen LogP contribution in [0.5, 0.6) is 0 Å². The van der Waals surface area contributed by atoms with E-state index in [1.165, 1.54) is 0 Å². The molecule has 1 atom stereocenters. The Labute approximate surface area is 113 Å². The third-order valence-electron chi connectivity index (χ3n) is 4.15. The molecule has 0 spiro atoms. The number of nitrogens with zero attached hydrogens (tertiary/aromatic N) is 2. The van der Waals surface area contributed by atoms with E-state index in [9.17, 15) is 5.11 Å². The standard InChI is InChI=1S/C13H21ClN2O2/c1-12(2)5-4-6-13(12,17)11-10(14)9-15-16(11)7-8-18-3/h9,17H,4-8H2,1-3H3. The molecule has 0 amide bonds. The van der Waals surface area contributed by atoms with Crippen LogP contribution in [0.25, 0.3) is 0 Å². The summed E-state index contributed by atoms with van der Waals surface area (Å²) < 4.78 is 6.85. The first-order valence-corrected chi connectivity index (χ1v) is 6.73. The number of aromatic nitrogens is 2. The number of methoxy groups -OCH3 is 1. The van der Waals surface area contributed by atoms with E-state index < -0.39 is 5.60 Å². The van der Waals surface area contributed by atoms with E-state index in [4.69, 9.17) is 16.3 Å². The molecular weight excluding hydrogens is 252 g/mol. The summed E-state index contributed by atoms with van der Waals surface area (Å²) in [6, 6.07) is 0. The molecular formula is C13H21ClN2O2. The summed E-state index contributed by atoms with van der Waals surface area (Å²) in [5.41, 5.74) is -0.334. The zero-order chi connectivity index (χ0) is 13.4. The molecule has 1 aromatic heterocycles. The SMILES string of the molecule is COCCn1ncc(Cl)c1C1(O)CCCC1(C)C. The molecule has 1 heterocycles. The molecule has 4 nitrogen and oxygen atoms in total. The van der Waals surface area contributed by atoms with Crippen LogP contribution >= 0.6 is 11.6 Å². The van der Waals surface area contributed by atoms with Gasteiger partial charge in [0.15, 0.2) is 0 Å². The molecule has 1 aromatic rings. The lowest BCUT2D eigenvalue weighted by Crippen LogP contribution is -2.39. The van der Waals surface area contributed by atoms with E-state index in [1.54, 1.807) is 18.0 Å². The summed E-state index contributed by atoms with van der Waals surface area (Å²) in [5, 5.41) is 15.9. The van der Waals surface area contributed by atoms with Gasteiger partial charge in [0.1, 0.15) is 5.60 Å². The average molecular weight is 273 g/mol. The molecule has 0 radical (unpaired) electrons. The van der Waals surface area contributed by atoms with Crippen molar-refractivity contribution in [1.82, 2.24) is 9.78 Å². The van der Waals surface area contributed by atoms with Crippen molar-refractivity contribution in [2.75, 3.05) is 13.7 Å². The summed E-state index contributed by atoms with van der Waals surface area (Å²) in [6.45, 7) is 5.34. The number of halogens is 1. The van der Waals surface area contributed by atoms with Crippen LogP contribution in [0, 0.1) is 5.41 Å². The Balaban J connectivity index is 2.40. The molecule has 1 unspecified atom stereocenters. The largest absolute Gasteiger partial charge is 0.383 e. The minimum Gasteiger partial charge on any atom is -0.383 e. The summed E-state index contributed by atoms with van der Waals surface area (Å²) in [7, 11) is 1.65. The van der Waals surface area contributed by atoms with Gasteiger partial charge in [-0.15, -0.1) is 0 Å². The number of rotatable bonds is 4. The van der Waals surface area contributed by atoms with Crippen molar-refractivity contribution in [2.45, 2.75) is 45.3 Å². The summed E-state index contributed by atoms with van der Waals surface area (Å²) in [4.78, 5) is 0. The highest BCUT2D eigenvalue weighted by Gasteiger charge is 2.51. The van der Waals surface area contributed by atoms with Crippen molar-refractivity contribution in [3.63, 3.8) is 0 Å². The van der Waals surface area contributed by atoms with Crippen molar-refractivity contribution in [3.05, 3.63) is 16.9 Å². The zero-order valence-corrected chi connectivity index (χ0v) is 12.0. The van der Waals surface area contributed by atoms with Gasteiger partial charge in [-0.1, -0.05) is 25.4 Å². The van der Waals surface area contributed by atoms with Gasteiger partial charge in [-0.2, -0.15) is 5.10 Å². The van der Waals surface area contributed by atoms with Crippen LogP contribution in [0.4, 0.5) is 0 Å². The van der Waals surface area contributed by atoms with Crippen molar-refractivity contribution in [3.8, 4) is 0 Å². The second-order valence-electron chi connectivity index (χ2n) is 5.65.